The summed E-state index contributed by atoms with van der Waals surface area (Å²) in [5, 5.41) is 22.9. The molecule has 0 radical (unpaired) electrons. The van der Waals surface area contributed by atoms with Crippen molar-refractivity contribution in [3.05, 3.63) is 27.7 Å². The summed E-state index contributed by atoms with van der Waals surface area (Å²) in [5.41, 5.74) is 0.464. The highest BCUT2D eigenvalue weighted by Gasteiger charge is 2.07. The lowest BCUT2D eigenvalue weighted by atomic mass is 10.3. The van der Waals surface area contributed by atoms with Crippen molar-refractivity contribution in [2.75, 3.05) is 18.5 Å². The van der Waals surface area contributed by atoms with Gasteiger partial charge < -0.3 is 20.8 Å². The third-order valence-corrected chi connectivity index (χ3v) is 2.69. The first-order valence-electron chi connectivity index (χ1n) is 4.81. The van der Waals surface area contributed by atoms with Crippen molar-refractivity contribution >= 4 is 39.2 Å². The van der Waals surface area contributed by atoms with Gasteiger partial charge >= 0.3 is 6.03 Å². The summed E-state index contributed by atoms with van der Waals surface area (Å²) in [7, 11) is 0. The zero-order valence-electron chi connectivity index (χ0n) is 8.78. The Morgan fingerprint density at radius 1 is 1.53 bits per heavy atom. The third kappa shape index (κ3) is 4.91. The Labute approximate surface area is 112 Å². The topological polar surface area (TPSA) is 81.6 Å². The number of rotatable bonds is 4. The van der Waals surface area contributed by atoms with Crippen molar-refractivity contribution in [2.45, 2.75) is 6.10 Å². The minimum absolute atomic E-state index is 0.0313. The molecule has 5 nitrogen and oxygen atoms in total. The van der Waals surface area contributed by atoms with Crippen LogP contribution >= 0.6 is 27.5 Å². The normalized spacial score (nSPS) is 12.0. The molecule has 0 saturated carbocycles. The number of halogens is 2. The van der Waals surface area contributed by atoms with Crippen molar-refractivity contribution in [2.24, 2.45) is 0 Å². The quantitative estimate of drug-likeness (QED) is 0.679. The molecule has 1 aromatic rings. The molecule has 0 aliphatic heterocycles. The van der Waals surface area contributed by atoms with Gasteiger partial charge in [0.1, 0.15) is 0 Å². The molecule has 0 bridgehead atoms. The van der Waals surface area contributed by atoms with E-state index < -0.39 is 18.7 Å². The van der Waals surface area contributed by atoms with Crippen molar-refractivity contribution in [3.63, 3.8) is 0 Å². The highest BCUT2D eigenvalue weighted by atomic mass is 79.9. The number of hydrogen-bond acceptors (Lipinski definition) is 3. The molecule has 7 heteroatoms. The average Bonchev–Trinajstić information content (AvgIpc) is 2.29. The molecule has 2 amide bonds. The fraction of sp³-hybridized carbons (Fsp3) is 0.300. The van der Waals surface area contributed by atoms with Gasteiger partial charge in [0.05, 0.1) is 23.4 Å². The van der Waals surface area contributed by atoms with Gasteiger partial charge in [-0.2, -0.15) is 0 Å². The minimum Gasteiger partial charge on any atom is -0.394 e. The molecule has 17 heavy (non-hydrogen) atoms. The van der Waals surface area contributed by atoms with Crippen LogP contribution < -0.4 is 10.6 Å². The first-order valence-corrected chi connectivity index (χ1v) is 5.99. The second kappa shape index (κ2) is 6.80. The van der Waals surface area contributed by atoms with Gasteiger partial charge in [0.25, 0.3) is 0 Å². The molecule has 1 unspecified atom stereocenters. The van der Waals surface area contributed by atoms with Gasteiger partial charge in [-0.1, -0.05) is 27.5 Å². The van der Waals surface area contributed by atoms with Crippen molar-refractivity contribution in [1.82, 2.24) is 5.32 Å². The molecule has 0 fully saturated rings. The Bertz CT molecular complexity index is 403. The lowest BCUT2D eigenvalue weighted by Crippen LogP contribution is -2.36. The lowest BCUT2D eigenvalue weighted by molar-refractivity contribution is 0.0965. The van der Waals surface area contributed by atoms with Gasteiger partial charge in [-0.05, 0) is 18.2 Å². The number of carbonyl (C=O) groups is 1. The Hall–Kier alpha value is -0.820. The Morgan fingerprint density at radius 2 is 2.24 bits per heavy atom. The summed E-state index contributed by atoms with van der Waals surface area (Å²) in [6, 6.07) is 4.54. The molecule has 0 spiro atoms. The van der Waals surface area contributed by atoms with Gasteiger partial charge in [-0.15, -0.1) is 0 Å². The fourth-order valence-electron chi connectivity index (χ4n) is 1.03. The van der Waals surface area contributed by atoms with Crippen LogP contribution in [0.15, 0.2) is 22.7 Å². The van der Waals surface area contributed by atoms with Gasteiger partial charge in [0.15, 0.2) is 0 Å². The van der Waals surface area contributed by atoms with E-state index in [0.717, 1.165) is 4.47 Å². The number of urea groups is 1. The number of hydrogen-bond donors (Lipinski definition) is 4. The molecule has 0 saturated heterocycles. The molecular formula is C10H12BrClN2O3. The smallest absolute Gasteiger partial charge is 0.319 e. The molecule has 1 aromatic carbocycles. The van der Waals surface area contributed by atoms with Gasteiger partial charge in [-0.25, -0.2) is 4.79 Å². The van der Waals surface area contributed by atoms with E-state index in [1.165, 1.54) is 0 Å². The first kappa shape index (κ1) is 14.2. The van der Waals surface area contributed by atoms with Crippen LogP contribution in [0.2, 0.25) is 5.02 Å². The first-order chi connectivity index (χ1) is 8.02. The van der Waals surface area contributed by atoms with E-state index in [-0.39, 0.29) is 6.54 Å². The van der Waals surface area contributed by atoms with Gasteiger partial charge in [0, 0.05) is 11.0 Å². The van der Waals surface area contributed by atoms with Crippen molar-refractivity contribution < 1.29 is 15.0 Å². The maximum absolute atomic E-state index is 11.4. The molecule has 1 rings (SSSR count). The zero-order chi connectivity index (χ0) is 12.8. The number of benzene rings is 1. The molecule has 1 atom stereocenters. The van der Waals surface area contributed by atoms with Crippen LogP contribution in [0.4, 0.5) is 10.5 Å². The Kier molecular flexibility index (Phi) is 5.70. The van der Waals surface area contributed by atoms with Gasteiger partial charge in [0.2, 0.25) is 0 Å². The second-order valence-corrected chi connectivity index (χ2v) is 4.62. The summed E-state index contributed by atoms with van der Waals surface area (Å²) in [4.78, 5) is 11.4. The van der Waals surface area contributed by atoms with E-state index in [1.807, 2.05) is 0 Å². The number of aliphatic hydroxyl groups excluding tert-OH is 2. The summed E-state index contributed by atoms with van der Waals surface area (Å²) >= 11 is 9.15. The van der Waals surface area contributed by atoms with Crippen LogP contribution in [0.3, 0.4) is 0 Å². The van der Waals surface area contributed by atoms with E-state index in [2.05, 4.69) is 26.6 Å². The third-order valence-electron chi connectivity index (χ3n) is 1.89. The molecule has 0 aliphatic carbocycles. The van der Waals surface area contributed by atoms with E-state index in [1.54, 1.807) is 18.2 Å². The lowest BCUT2D eigenvalue weighted by Gasteiger charge is -2.11. The Morgan fingerprint density at radius 3 is 2.82 bits per heavy atom. The summed E-state index contributed by atoms with van der Waals surface area (Å²) in [6.45, 7) is -0.435. The van der Waals surface area contributed by atoms with Crippen LogP contribution in [-0.4, -0.2) is 35.5 Å². The zero-order valence-corrected chi connectivity index (χ0v) is 11.1. The van der Waals surface area contributed by atoms with E-state index in [9.17, 15) is 4.79 Å². The summed E-state index contributed by atoms with van der Waals surface area (Å²) < 4.78 is 0.809. The molecule has 94 valence electrons. The van der Waals surface area contributed by atoms with E-state index in [0.29, 0.717) is 10.7 Å². The fourth-order valence-corrected chi connectivity index (χ4v) is 1.75. The number of carbonyl (C=O) groups excluding carboxylic acids is 1. The van der Waals surface area contributed by atoms with Crippen LogP contribution in [0.5, 0.6) is 0 Å². The van der Waals surface area contributed by atoms with Crippen LogP contribution in [0, 0.1) is 0 Å². The predicted molar refractivity (Wildman–Crippen MR) is 69.3 cm³/mol. The van der Waals surface area contributed by atoms with Crippen LogP contribution in [0.25, 0.3) is 0 Å². The van der Waals surface area contributed by atoms with Crippen LogP contribution in [-0.2, 0) is 0 Å². The van der Waals surface area contributed by atoms with E-state index in [4.69, 9.17) is 21.8 Å². The summed E-state index contributed by atoms with van der Waals surface area (Å²) in [5.74, 6) is 0. The average molecular weight is 324 g/mol. The standard InChI is InChI=1S/C10H12BrClN2O3/c11-6-1-2-9(8(12)3-6)14-10(17)13-4-7(16)5-15/h1-3,7,15-16H,4-5H2,(H2,13,14,17). The molecule has 4 N–H and O–H groups in total. The number of nitrogens with one attached hydrogen (secondary N) is 2. The molecular weight excluding hydrogens is 311 g/mol. The number of amides is 2. The second-order valence-electron chi connectivity index (χ2n) is 3.30. The molecule has 0 heterocycles. The Balaban J connectivity index is 2.50. The minimum atomic E-state index is -0.971. The maximum Gasteiger partial charge on any atom is 0.319 e. The molecule has 0 aliphatic rings. The predicted octanol–water partition coefficient (Wildman–Crippen LogP) is 1.58. The highest BCUT2D eigenvalue weighted by molar-refractivity contribution is 9.10. The monoisotopic (exact) mass is 322 g/mol. The summed E-state index contributed by atoms with van der Waals surface area (Å²) in [6.07, 6.45) is -0.971. The number of anilines is 1. The van der Waals surface area contributed by atoms with Gasteiger partial charge in [-0.3, -0.25) is 0 Å². The highest BCUT2D eigenvalue weighted by Crippen LogP contribution is 2.25. The van der Waals surface area contributed by atoms with Crippen molar-refractivity contribution in [3.8, 4) is 0 Å². The number of aliphatic hydroxyl groups is 2. The maximum atomic E-state index is 11.4. The van der Waals surface area contributed by atoms with Crippen LogP contribution in [0.1, 0.15) is 0 Å². The van der Waals surface area contributed by atoms with Crippen molar-refractivity contribution in [1.29, 1.82) is 0 Å². The largest absolute Gasteiger partial charge is 0.394 e. The SMILES string of the molecule is O=C(NCC(O)CO)Nc1ccc(Br)cc1Cl. The van der Waals surface area contributed by atoms with E-state index >= 15 is 0 Å². The molecule has 0 aromatic heterocycles.